The molecule has 0 fully saturated rings. The standard InChI is InChI=1S/C54H38B4O/c55-47-27-43-45(29-49(47)57)54(41-20-10-18-39-37(17-9-19-40(39)41)34-21-22-51-35(23-34)26-52(59-51)32-13-5-2-6-14-32)46-30-50(58)48(56)28-44(46)53(43)36-24-33-15-7-8-16-38(33)42(25-36)31-11-3-1-4-12-31/h1-30H,55-58H2. The summed E-state index contributed by atoms with van der Waals surface area (Å²) in [4.78, 5) is 0. The average Bonchev–Trinajstić information content (AvgIpc) is 3.71. The highest BCUT2D eigenvalue weighted by Crippen LogP contribution is 2.47. The van der Waals surface area contributed by atoms with Crippen molar-refractivity contribution in [1.82, 2.24) is 0 Å². The second-order valence-corrected chi connectivity index (χ2v) is 16.3. The Bertz CT molecular complexity index is 3410. The topological polar surface area (TPSA) is 13.1 Å². The summed E-state index contributed by atoms with van der Waals surface area (Å²) >= 11 is 0. The van der Waals surface area contributed by atoms with Crippen LogP contribution in [-0.4, -0.2) is 31.4 Å². The van der Waals surface area contributed by atoms with Crippen LogP contribution < -0.4 is 21.9 Å². The van der Waals surface area contributed by atoms with Crippen LogP contribution in [0.5, 0.6) is 0 Å². The van der Waals surface area contributed by atoms with Crippen molar-refractivity contribution >= 4 is 107 Å². The van der Waals surface area contributed by atoms with E-state index in [4.69, 9.17) is 4.42 Å². The van der Waals surface area contributed by atoms with Gasteiger partial charge in [0.1, 0.15) is 42.7 Å². The molecule has 0 amide bonds. The maximum Gasteiger partial charge on any atom is 0.138 e. The van der Waals surface area contributed by atoms with Crippen molar-refractivity contribution in [3.63, 3.8) is 0 Å². The van der Waals surface area contributed by atoms with Crippen molar-refractivity contribution in [2.24, 2.45) is 0 Å². The molecule has 1 nitrogen and oxygen atoms in total. The van der Waals surface area contributed by atoms with E-state index in [-0.39, 0.29) is 0 Å². The first-order chi connectivity index (χ1) is 28.9. The van der Waals surface area contributed by atoms with Crippen LogP contribution in [0.2, 0.25) is 0 Å². The van der Waals surface area contributed by atoms with Crippen molar-refractivity contribution in [3.8, 4) is 55.8 Å². The van der Waals surface area contributed by atoms with Gasteiger partial charge in [0.2, 0.25) is 0 Å². The van der Waals surface area contributed by atoms with E-state index in [9.17, 15) is 0 Å². The van der Waals surface area contributed by atoms with Gasteiger partial charge in [0.05, 0.1) is 0 Å². The first kappa shape index (κ1) is 35.2. The highest BCUT2D eigenvalue weighted by atomic mass is 16.3. The first-order valence-corrected chi connectivity index (χ1v) is 20.6. The zero-order valence-corrected chi connectivity index (χ0v) is 33.7. The number of hydrogen-bond acceptors (Lipinski definition) is 1. The van der Waals surface area contributed by atoms with Gasteiger partial charge in [0, 0.05) is 10.9 Å². The fourth-order valence-corrected chi connectivity index (χ4v) is 9.40. The van der Waals surface area contributed by atoms with Gasteiger partial charge in [-0.1, -0.05) is 174 Å². The summed E-state index contributed by atoms with van der Waals surface area (Å²) in [5.41, 5.74) is 17.1. The molecule has 1 heterocycles. The predicted octanol–water partition coefficient (Wildman–Crippen LogP) is 8.41. The monoisotopic (exact) mass is 746 g/mol. The van der Waals surface area contributed by atoms with Crippen molar-refractivity contribution in [2.45, 2.75) is 0 Å². The first-order valence-electron chi connectivity index (χ1n) is 20.6. The fraction of sp³-hybridized carbons (Fsp3) is 0. The lowest BCUT2D eigenvalue weighted by Crippen LogP contribution is -2.26. The molecular weight excluding hydrogens is 708 g/mol. The Balaban J connectivity index is 1.19. The molecule has 272 valence electrons. The highest BCUT2D eigenvalue weighted by molar-refractivity contribution is 6.51. The van der Waals surface area contributed by atoms with Gasteiger partial charge in [-0.2, -0.15) is 0 Å². The zero-order valence-electron chi connectivity index (χ0n) is 33.7. The highest BCUT2D eigenvalue weighted by Gasteiger charge is 2.22. The molecule has 0 saturated carbocycles. The molecule has 0 aliphatic heterocycles. The van der Waals surface area contributed by atoms with Crippen LogP contribution in [0.1, 0.15) is 0 Å². The van der Waals surface area contributed by atoms with Crippen LogP contribution in [0.15, 0.2) is 186 Å². The van der Waals surface area contributed by atoms with Crippen LogP contribution in [0, 0.1) is 0 Å². The molecule has 0 atom stereocenters. The third kappa shape index (κ3) is 5.83. The molecule has 1 aromatic heterocycles. The molecule has 0 N–H and O–H groups in total. The van der Waals surface area contributed by atoms with E-state index in [0.29, 0.717) is 0 Å². The molecule has 10 aromatic carbocycles. The van der Waals surface area contributed by atoms with Gasteiger partial charge < -0.3 is 4.42 Å². The van der Waals surface area contributed by atoms with Gasteiger partial charge in [-0.25, -0.2) is 0 Å². The lowest BCUT2D eigenvalue weighted by molar-refractivity contribution is 0.631. The van der Waals surface area contributed by atoms with E-state index in [0.717, 1.165) is 22.3 Å². The Hall–Kier alpha value is -6.96. The molecule has 11 aromatic rings. The lowest BCUT2D eigenvalue weighted by Gasteiger charge is -2.22. The number of benzene rings is 10. The second-order valence-electron chi connectivity index (χ2n) is 16.3. The minimum Gasteiger partial charge on any atom is -0.456 e. The minimum absolute atomic E-state index is 0.885. The van der Waals surface area contributed by atoms with Gasteiger partial charge >= 0.3 is 0 Å². The van der Waals surface area contributed by atoms with Crippen LogP contribution in [0.4, 0.5) is 0 Å². The molecular formula is C54H38B4O. The van der Waals surface area contributed by atoms with Crippen LogP contribution in [-0.2, 0) is 0 Å². The fourth-order valence-electron chi connectivity index (χ4n) is 9.40. The molecule has 11 rings (SSSR count). The summed E-state index contributed by atoms with van der Waals surface area (Å²) in [6.45, 7) is 0. The summed E-state index contributed by atoms with van der Waals surface area (Å²) in [6.07, 6.45) is 0. The smallest absolute Gasteiger partial charge is 0.138 e. The zero-order chi connectivity index (χ0) is 39.8. The van der Waals surface area contributed by atoms with Crippen molar-refractivity contribution < 1.29 is 4.42 Å². The van der Waals surface area contributed by atoms with Crippen LogP contribution in [0.25, 0.3) is 110 Å². The van der Waals surface area contributed by atoms with E-state index in [1.54, 1.807) is 0 Å². The van der Waals surface area contributed by atoms with Gasteiger partial charge in [-0.05, 0) is 118 Å². The largest absolute Gasteiger partial charge is 0.456 e. The Labute approximate surface area is 348 Å². The molecule has 0 radical (unpaired) electrons. The molecule has 59 heavy (non-hydrogen) atoms. The quantitative estimate of drug-likeness (QED) is 0.128. The summed E-state index contributed by atoms with van der Waals surface area (Å²) in [5.74, 6) is 0.885. The predicted molar refractivity (Wildman–Crippen MR) is 266 cm³/mol. The summed E-state index contributed by atoms with van der Waals surface area (Å²) in [6, 6.07) is 67.0. The second kappa shape index (κ2) is 13.9. The van der Waals surface area contributed by atoms with Gasteiger partial charge in [-0.3, -0.25) is 0 Å². The lowest BCUT2D eigenvalue weighted by atomic mass is 9.73. The van der Waals surface area contributed by atoms with Crippen LogP contribution in [0.3, 0.4) is 0 Å². The van der Waals surface area contributed by atoms with Crippen LogP contribution >= 0.6 is 0 Å². The molecule has 0 aliphatic rings. The van der Waals surface area contributed by atoms with Crippen molar-refractivity contribution in [2.75, 3.05) is 0 Å². The van der Waals surface area contributed by atoms with E-state index in [1.165, 1.54) is 109 Å². The molecule has 0 spiro atoms. The maximum absolute atomic E-state index is 6.32. The Kier molecular flexibility index (Phi) is 8.27. The molecule has 5 heteroatoms. The summed E-state index contributed by atoms with van der Waals surface area (Å²) in [7, 11) is 9.01. The molecule has 0 saturated heterocycles. The van der Waals surface area contributed by atoms with Crippen molar-refractivity contribution in [1.29, 1.82) is 0 Å². The average molecular weight is 746 g/mol. The number of fused-ring (bicyclic) bond motifs is 5. The third-order valence-electron chi connectivity index (χ3n) is 12.7. The normalized spacial score (nSPS) is 11.7. The van der Waals surface area contributed by atoms with E-state index in [1.807, 2.05) is 6.07 Å². The van der Waals surface area contributed by atoms with E-state index in [2.05, 4.69) is 207 Å². The number of furan rings is 1. The summed E-state index contributed by atoms with van der Waals surface area (Å²) < 4.78 is 6.32. The van der Waals surface area contributed by atoms with E-state index < -0.39 is 0 Å². The Morgan fingerprint density at radius 3 is 1.47 bits per heavy atom. The Morgan fingerprint density at radius 2 is 0.814 bits per heavy atom. The molecule has 0 bridgehead atoms. The van der Waals surface area contributed by atoms with Crippen molar-refractivity contribution in [3.05, 3.63) is 182 Å². The third-order valence-corrected chi connectivity index (χ3v) is 12.7. The van der Waals surface area contributed by atoms with Gasteiger partial charge in [-0.15, -0.1) is 0 Å². The molecule has 0 aliphatic carbocycles. The number of hydrogen-bond donors (Lipinski definition) is 0. The van der Waals surface area contributed by atoms with Gasteiger partial charge in [0.15, 0.2) is 0 Å². The number of rotatable bonds is 5. The summed E-state index contributed by atoms with van der Waals surface area (Å²) in [5, 5.41) is 11.2. The SMILES string of the molecule is Bc1cc2c(-c3cc(-c4ccccc4)c4ccccc4c3)c3cc(B)c(B)cc3c(-c3cccc4c(-c5ccc6oc(-c7ccccc7)cc6c5)cccc34)c2cc1B. The Morgan fingerprint density at radius 1 is 0.288 bits per heavy atom. The van der Waals surface area contributed by atoms with E-state index >= 15 is 0 Å². The molecule has 0 unspecified atom stereocenters. The maximum atomic E-state index is 6.32. The minimum atomic E-state index is 0.885. The van der Waals surface area contributed by atoms with Gasteiger partial charge in [0.25, 0.3) is 0 Å².